The molecule has 2 aliphatic rings. The van der Waals surface area contributed by atoms with Crippen LogP contribution in [0.2, 0.25) is 0 Å². The van der Waals surface area contributed by atoms with Crippen molar-refractivity contribution >= 4 is 47.1 Å². The standard InChI is InChI=1S/C33H36N2O2S2/c1-24-9-7-10-26(21-24)23-35-29-13-5-6-14-30(29)39-31(33(35)37)22-25-15-17-27(18-16-25)32(36)34-19-8-20-38-28-11-3-2-4-12-28/h5-7,9-10,13-18,21-22,28H,2-4,8,11-12,19-20,23H2,1H3,(H,34,36). The van der Waals surface area contributed by atoms with E-state index in [0.717, 1.165) is 39.1 Å². The average Bonchev–Trinajstić information content (AvgIpc) is 2.96. The number of aryl methyl sites for hydroxylation is 1. The van der Waals surface area contributed by atoms with Crippen molar-refractivity contribution in [2.75, 3.05) is 17.2 Å². The molecule has 1 aliphatic carbocycles. The molecule has 202 valence electrons. The van der Waals surface area contributed by atoms with Crippen LogP contribution in [-0.2, 0) is 11.3 Å². The molecule has 0 bridgehead atoms. The molecule has 1 N–H and O–H groups in total. The van der Waals surface area contributed by atoms with Crippen molar-refractivity contribution in [2.24, 2.45) is 0 Å². The summed E-state index contributed by atoms with van der Waals surface area (Å²) >= 11 is 3.57. The minimum absolute atomic E-state index is 0.00637. The number of hydrogen-bond acceptors (Lipinski definition) is 4. The van der Waals surface area contributed by atoms with Crippen LogP contribution in [-0.4, -0.2) is 29.4 Å². The van der Waals surface area contributed by atoms with Gasteiger partial charge in [0.25, 0.3) is 11.8 Å². The SMILES string of the molecule is Cc1cccc(CN2C(=O)C(=Cc3ccc(C(=O)NCCCSC4CCCCC4)cc3)Sc3ccccc32)c1. The maximum Gasteiger partial charge on any atom is 0.265 e. The van der Waals surface area contributed by atoms with Crippen LogP contribution < -0.4 is 10.2 Å². The number of fused-ring (bicyclic) bond motifs is 1. The van der Waals surface area contributed by atoms with Gasteiger partial charge in [0.1, 0.15) is 0 Å². The summed E-state index contributed by atoms with van der Waals surface area (Å²) < 4.78 is 0. The number of rotatable bonds is 9. The number of carbonyl (C=O) groups excluding carboxylic acids is 2. The number of para-hydroxylation sites is 1. The van der Waals surface area contributed by atoms with Crippen LogP contribution in [0.25, 0.3) is 6.08 Å². The van der Waals surface area contributed by atoms with E-state index in [1.165, 1.54) is 49.4 Å². The second kappa shape index (κ2) is 13.4. The Balaban J connectivity index is 1.20. The summed E-state index contributed by atoms with van der Waals surface area (Å²) in [7, 11) is 0. The molecule has 1 aliphatic heterocycles. The van der Waals surface area contributed by atoms with Gasteiger partial charge in [0.05, 0.1) is 17.1 Å². The molecule has 3 aromatic carbocycles. The van der Waals surface area contributed by atoms with Crippen molar-refractivity contribution < 1.29 is 9.59 Å². The minimum atomic E-state index is -0.0433. The van der Waals surface area contributed by atoms with Gasteiger partial charge in [-0.05, 0) is 73.4 Å². The molecule has 6 heteroatoms. The molecule has 0 radical (unpaired) electrons. The number of nitrogens with zero attached hydrogens (tertiary/aromatic N) is 1. The van der Waals surface area contributed by atoms with Gasteiger partial charge in [0.15, 0.2) is 0 Å². The molecule has 2 amide bonds. The molecular weight excluding hydrogens is 521 g/mol. The van der Waals surface area contributed by atoms with Crippen LogP contribution in [0.1, 0.15) is 65.6 Å². The molecule has 0 atom stereocenters. The van der Waals surface area contributed by atoms with Gasteiger partial charge >= 0.3 is 0 Å². The molecule has 5 rings (SSSR count). The Morgan fingerprint density at radius 1 is 1.03 bits per heavy atom. The molecule has 1 fully saturated rings. The van der Waals surface area contributed by atoms with E-state index in [1.54, 1.807) is 0 Å². The Morgan fingerprint density at radius 3 is 2.62 bits per heavy atom. The summed E-state index contributed by atoms with van der Waals surface area (Å²) in [5.41, 5.74) is 4.77. The smallest absolute Gasteiger partial charge is 0.265 e. The summed E-state index contributed by atoms with van der Waals surface area (Å²) in [4.78, 5) is 29.8. The van der Waals surface area contributed by atoms with Crippen molar-refractivity contribution in [3.8, 4) is 0 Å². The molecule has 0 spiro atoms. The van der Waals surface area contributed by atoms with Gasteiger partial charge in [0, 0.05) is 22.3 Å². The fraction of sp³-hybridized carbons (Fsp3) is 0.333. The van der Waals surface area contributed by atoms with E-state index < -0.39 is 0 Å². The number of hydrogen-bond donors (Lipinski definition) is 1. The number of nitrogens with one attached hydrogen (secondary N) is 1. The van der Waals surface area contributed by atoms with E-state index in [9.17, 15) is 9.59 Å². The van der Waals surface area contributed by atoms with Crippen molar-refractivity contribution in [1.82, 2.24) is 5.32 Å². The normalized spacial score (nSPS) is 16.8. The molecule has 1 heterocycles. The van der Waals surface area contributed by atoms with Crippen molar-refractivity contribution in [3.05, 3.63) is 100.0 Å². The zero-order valence-corrected chi connectivity index (χ0v) is 24.2. The first-order chi connectivity index (χ1) is 19.1. The Hall–Kier alpha value is -2.96. The lowest BCUT2D eigenvalue weighted by atomic mass is 10.0. The average molecular weight is 557 g/mol. The molecule has 4 nitrogen and oxygen atoms in total. The maximum absolute atomic E-state index is 13.6. The summed E-state index contributed by atoms with van der Waals surface area (Å²) in [5.74, 6) is 1.05. The molecule has 0 unspecified atom stereocenters. The zero-order chi connectivity index (χ0) is 27.0. The van der Waals surface area contributed by atoms with Crippen molar-refractivity contribution in [3.63, 3.8) is 0 Å². The molecular formula is C33H36N2O2S2. The highest BCUT2D eigenvalue weighted by atomic mass is 32.2. The third kappa shape index (κ3) is 7.37. The van der Waals surface area contributed by atoms with E-state index in [-0.39, 0.29) is 11.8 Å². The van der Waals surface area contributed by atoms with E-state index in [2.05, 4.69) is 48.3 Å². The fourth-order valence-corrected chi connectivity index (χ4v) is 7.52. The lowest BCUT2D eigenvalue weighted by molar-refractivity contribution is -0.114. The lowest BCUT2D eigenvalue weighted by Gasteiger charge is -2.30. The van der Waals surface area contributed by atoms with Crippen LogP contribution >= 0.6 is 23.5 Å². The highest BCUT2D eigenvalue weighted by molar-refractivity contribution is 8.04. The summed E-state index contributed by atoms with van der Waals surface area (Å²) in [6, 6.07) is 23.9. The van der Waals surface area contributed by atoms with Gasteiger partial charge in [-0.15, -0.1) is 0 Å². The quantitative estimate of drug-likeness (QED) is 0.215. The third-order valence-corrected chi connectivity index (χ3v) is 9.78. The number of anilines is 1. The largest absolute Gasteiger partial charge is 0.352 e. The topological polar surface area (TPSA) is 49.4 Å². The van der Waals surface area contributed by atoms with Crippen LogP contribution in [0, 0.1) is 6.92 Å². The molecule has 1 saturated carbocycles. The van der Waals surface area contributed by atoms with E-state index in [0.29, 0.717) is 23.6 Å². The van der Waals surface area contributed by atoms with Gasteiger partial charge in [-0.2, -0.15) is 11.8 Å². The van der Waals surface area contributed by atoms with E-state index >= 15 is 0 Å². The second-order valence-corrected chi connectivity index (χ2v) is 12.8. The second-order valence-electron chi connectivity index (χ2n) is 10.3. The zero-order valence-electron chi connectivity index (χ0n) is 22.5. The number of carbonyl (C=O) groups is 2. The van der Waals surface area contributed by atoms with Crippen molar-refractivity contribution in [1.29, 1.82) is 0 Å². The summed E-state index contributed by atoms with van der Waals surface area (Å²) in [6.45, 7) is 3.29. The van der Waals surface area contributed by atoms with Gasteiger partial charge in [-0.3, -0.25) is 9.59 Å². The highest BCUT2D eigenvalue weighted by Crippen LogP contribution is 2.42. The Kier molecular flexibility index (Phi) is 9.49. The molecule has 0 aromatic heterocycles. The van der Waals surface area contributed by atoms with Crippen LogP contribution in [0.15, 0.2) is 82.6 Å². The third-order valence-electron chi connectivity index (χ3n) is 7.24. The number of benzene rings is 3. The minimum Gasteiger partial charge on any atom is -0.352 e. The Bertz CT molecular complexity index is 1330. The fourth-order valence-electron chi connectivity index (χ4n) is 5.15. The van der Waals surface area contributed by atoms with Crippen LogP contribution in [0.4, 0.5) is 5.69 Å². The molecule has 3 aromatic rings. The first kappa shape index (κ1) is 27.6. The van der Waals surface area contributed by atoms with Gasteiger partial charge in [0.2, 0.25) is 0 Å². The van der Waals surface area contributed by atoms with Gasteiger partial charge in [-0.25, -0.2) is 0 Å². The highest BCUT2D eigenvalue weighted by Gasteiger charge is 2.29. The van der Waals surface area contributed by atoms with Crippen LogP contribution in [0.3, 0.4) is 0 Å². The first-order valence-electron chi connectivity index (χ1n) is 13.9. The number of thioether (sulfide) groups is 2. The predicted molar refractivity (Wildman–Crippen MR) is 165 cm³/mol. The monoisotopic (exact) mass is 556 g/mol. The summed E-state index contributed by atoms with van der Waals surface area (Å²) in [5, 5.41) is 3.87. The van der Waals surface area contributed by atoms with E-state index in [4.69, 9.17) is 0 Å². The predicted octanol–water partition coefficient (Wildman–Crippen LogP) is 7.86. The molecule has 39 heavy (non-hydrogen) atoms. The Morgan fingerprint density at radius 2 is 1.82 bits per heavy atom. The first-order valence-corrected chi connectivity index (χ1v) is 15.8. The van der Waals surface area contributed by atoms with Crippen molar-refractivity contribution in [2.45, 2.75) is 62.1 Å². The van der Waals surface area contributed by atoms with Gasteiger partial charge in [-0.1, -0.05) is 85.1 Å². The summed E-state index contributed by atoms with van der Waals surface area (Å²) in [6.07, 6.45) is 9.74. The van der Waals surface area contributed by atoms with Gasteiger partial charge < -0.3 is 10.2 Å². The van der Waals surface area contributed by atoms with Crippen LogP contribution in [0.5, 0.6) is 0 Å². The van der Waals surface area contributed by atoms with E-state index in [1.807, 2.05) is 59.5 Å². The molecule has 0 saturated heterocycles. The lowest BCUT2D eigenvalue weighted by Crippen LogP contribution is -2.33. The maximum atomic E-state index is 13.6. The Labute approximate surface area is 240 Å². The number of amides is 2.